The van der Waals surface area contributed by atoms with Crippen molar-refractivity contribution in [1.82, 2.24) is 14.9 Å². The predicted molar refractivity (Wildman–Crippen MR) is 134 cm³/mol. The van der Waals surface area contributed by atoms with Gasteiger partial charge >= 0.3 is 11.9 Å². The van der Waals surface area contributed by atoms with Crippen molar-refractivity contribution in [2.24, 2.45) is 5.92 Å². The molecule has 1 unspecified atom stereocenters. The van der Waals surface area contributed by atoms with Crippen LogP contribution in [0.4, 0.5) is 0 Å². The maximum Gasteiger partial charge on any atom is 0.307 e. The van der Waals surface area contributed by atoms with Crippen molar-refractivity contribution in [1.29, 1.82) is 0 Å². The first-order valence-electron chi connectivity index (χ1n) is 12.6. The van der Waals surface area contributed by atoms with E-state index >= 15 is 0 Å². The van der Waals surface area contributed by atoms with Crippen molar-refractivity contribution in [3.63, 3.8) is 0 Å². The molecular formula is C26H37N3O6S. The van der Waals surface area contributed by atoms with E-state index in [1.807, 2.05) is 4.72 Å². The van der Waals surface area contributed by atoms with Gasteiger partial charge in [0.1, 0.15) is 5.60 Å². The highest BCUT2D eigenvalue weighted by Gasteiger charge is 2.28. The normalized spacial score (nSPS) is 15.9. The summed E-state index contributed by atoms with van der Waals surface area (Å²) in [5.41, 5.74) is -0.0847. The molecule has 1 fully saturated rings. The Labute approximate surface area is 213 Å². The molecule has 36 heavy (non-hydrogen) atoms. The topological polar surface area (TPSA) is 128 Å². The fraction of sp³-hybridized carbons (Fsp3) is 0.615. The van der Waals surface area contributed by atoms with Crippen molar-refractivity contribution in [2.45, 2.75) is 95.8 Å². The number of ether oxygens (including phenoxy) is 1. The summed E-state index contributed by atoms with van der Waals surface area (Å²) in [4.78, 5) is 29.2. The van der Waals surface area contributed by atoms with Crippen LogP contribution in [0.5, 0.6) is 0 Å². The fourth-order valence-electron chi connectivity index (χ4n) is 4.54. The second-order valence-electron chi connectivity index (χ2n) is 10.6. The van der Waals surface area contributed by atoms with Crippen molar-refractivity contribution in [2.75, 3.05) is 0 Å². The van der Waals surface area contributed by atoms with Gasteiger partial charge in [0, 0.05) is 5.92 Å². The van der Waals surface area contributed by atoms with Crippen LogP contribution in [0.15, 0.2) is 34.9 Å². The molecule has 1 atom stereocenters. The number of aromatic nitrogens is 2. The minimum absolute atomic E-state index is 0.0392. The molecule has 1 saturated carbocycles. The molecule has 1 amide bonds. The highest BCUT2D eigenvalue weighted by Crippen LogP contribution is 2.31. The van der Waals surface area contributed by atoms with E-state index < -0.39 is 27.4 Å². The van der Waals surface area contributed by atoms with Crippen molar-refractivity contribution >= 4 is 21.9 Å². The van der Waals surface area contributed by atoms with Gasteiger partial charge in [-0.25, -0.2) is 13.1 Å². The first-order chi connectivity index (χ1) is 17.0. The van der Waals surface area contributed by atoms with Crippen LogP contribution in [0.2, 0.25) is 0 Å². The van der Waals surface area contributed by atoms with E-state index in [9.17, 15) is 18.0 Å². The minimum Gasteiger partial charge on any atom is -0.460 e. The first-order valence-corrected chi connectivity index (χ1v) is 14.3. The van der Waals surface area contributed by atoms with Gasteiger partial charge in [0.2, 0.25) is 15.9 Å². The number of esters is 1. The van der Waals surface area contributed by atoms with Gasteiger partial charge < -0.3 is 9.26 Å². The lowest BCUT2D eigenvalue weighted by atomic mass is 9.84. The quantitative estimate of drug-likeness (QED) is 0.415. The molecule has 0 bridgehead atoms. The van der Waals surface area contributed by atoms with Gasteiger partial charge in [-0.05, 0) is 38.7 Å². The monoisotopic (exact) mass is 519 g/mol. The minimum atomic E-state index is -3.95. The van der Waals surface area contributed by atoms with Crippen molar-refractivity contribution in [3.8, 4) is 0 Å². The molecule has 198 valence electrons. The number of sulfonamides is 1. The van der Waals surface area contributed by atoms with Crippen molar-refractivity contribution < 1.29 is 27.3 Å². The van der Waals surface area contributed by atoms with Crippen LogP contribution < -0.4 is 4.72 Å². The number of hydrogen-bond acceptors (Lipinski definition) is 8. The number of benzene rings is 1. The zero-order valence-corrected chi connectivity index (χ0v) is 22.2. The van der Waals surface area contributed by atoms with Crippen LogP contribution in [0.3, 0.4) is 0 Å². The maximum absolute atomic E-state index is 12.5. The van der Waals surface area contributed by atoms with Gasteiger partial charge in [-0.3, -0.25) is 9.59 Å². The first kappa shape index (κ1) is 27.8. The third kappa shape index (κ3) is 9.37. The summed E-state index contributed by atoms with van der Waals surface area (Å²) in [5.74, 6) is -1.69. The number of carbonyl (C=O) groups is 2. The van der Waals surface area contributed by atoms with Gasteiger partial charge in [0.05, 0.1) is 12.2 Å². The summed E-state index contributed by atoms with van der Waals surface area (Å²) < 4.78 is 37.6. The van der Waals surface area contributed by atoms with Crippen molar-refractivity contribution in [3.05, 3.63) is 47.6 Å². The second kappa shape index (κ2) is 12.5. The van der Waals surface area contributed by atoms with Gasteiger partial charge in [-0.2, -0.15) is 4.98 Å². The molecule has 1 aromatic carbocycles. The highest BCUT2D eigenvalue weighted by molar-refractivity contribution is 7.89. The molecule has 9 nitrogen and oxygen atoms in total. The molecule has 10 heteroatoms. The lowest BCUT2D eigenvalue weighted by Crippen LogP contribution is -2.32. The summed E-state index contributed by atoms with van der Waals surface area (Å²) in [6.45, 7) is 5.40. The molecule has 0 saturated heterocycles. The number of carbonyl (C=O) groups excluding carboxylic acids is 2. The van der Waals surface area contributed by atoms with Crippen LogP contribution >= 0.6 is 0 Å². The molecule has 0 radical (unpaired) electrons. The number of rotatable bonds is 11. The fourth-order valence-corrected chi connectivity index (χ4v) is 5.61. The molecule has 1 aromatic heterocycles. The number of amides is 1. The summed E-state index contributed by atoms with van der Waals surface area (Å²) in [7, 11) is -3.95. The van der Waals surface area contributed by atoms with E-state index in [1.54, 1.807) is 51.1 Å². The Kier molecular flexibility index (Phi) is 9.64. The Bertz CT molecular complexity index is 1100. The molecular weight excluding hydrogens is 482 g/mol. The molecule has 3 rings (SSSR count). The second-order valence-corrected chi connectivity index (χ2v) is 12.3. The third-order valence-electron chi connectivity index (χ3n) is 6.16. The molecule has 1 aliphatic rings. The lowest BCUT2D eigenvalue weighted by Gasteiger charge is -2.23. The number of nitrogens with zero attached hydrogens (tertiary/aromatic N) is 2. The van der Waals surface area contributed by atoms with E-state index in [0.717, 1.165) is 12.8 Å². The van der Waals surface area contributed by atoms with Crippen LogP contribution in [-0.4, -0.2) is 36.0 Å². The molecule has 1 aliphatic carbocycles. The molecule has 1 N–H and O–H groups in total. The summed E-state index contributed by atoms with van der Waals surface area (Å²) >= 11 is 0. The Morgan fingerprint density at radius 1 is 1.14 bits per heavy atom. The lowest BCUT2D eigenvalue weighted by molar-refractivity contribution is -0.155. The summed E-state index contributed by atoms with van der Waals surface area (Å²) in [6.07, 6.45) is 8.91. The molecule has 0 aliphatic heterocycles. The predicted octanol–water partition coefficient (Wildman–Crippen LogP) is 4.90. The van der Waals surface area contributed by atoms with Gasteiger partial charge in [0.25, 0.3) is 5.82 Å². The average Bonchev–Trinajstić information content (AvgIpc) is 3.28. The average molecular weight is 520 g/mol. The van der Waals surface area contributed by atoms with Gasteiger partial charge in [0.15, 0.2) is 0 Å². The number of hydrogen-bond donors (Lipinski definition) is 1. The molecule has 0 spiro atoms. The standard InChI is InChI=1S/C26H37N3O6S/c1-26(2,3)34-22(30)17-21(16-10-15-19-11-6-4-7-12-19)25-27-23(28-35-25)24(31)29-36(32,33)18-20-13-8-5-9-14-20/h5,8-9,13-14,19,21H,4,6-7,10-12,15-18H2,1-3H3,(H,29,31). The van der Waals surface area contributed by atoms with Gasteiger partial charge in [-0.15, -0.1) is 0 Å². The molecule has 1 heterocycles. The summed E-state index contributed by atoms with van der Waals surface area (Å²) in [6, 6.07) is 8.53. The van der Waals surface area contributed by atoms with Crippen LogP contribution in [0.25, 0.3) is 0 Å². The van der Waals surface area contributed by atoms with Gasteiger partial charge in [-0.1, -0.05) is 80.4 Å². The van der Waals surface area contributed by atoms with Crippen LogP contribution in [0.1, 0.15) is 107 Å². The third-order valence-corrected chi connectivity index (χ3v) is 7.37. The zero-order valence-electron chi connectivity index (χ0n) is 21.4. The summed E-state index contributed by atoms with van der Waals surface area (Å²) in [5, 5.41) is 3.69. The van der Waals surface area contributed by atoms with E-state index in [4.69, 9.17) is 9.26 Å². The largest absolute Gasteiger partial charge is 0.460 e. The van der Waals surface area contributed by atoms with E-state index in [1.165, 1.54) is 32.1 Å². The van der Waals surface area contributed by atoms with E-state index in [2.05, 4.69) is 10.1 Å². The Hall–Kier alpha value is -2.75. The Morgan fingerprint density at radius 2 is 1.83 bits per heavy atom. The SMILES string of the molecule is CC(C)(C)OC(=O)CC(CCCC1CCCCC1)c1nc(C(=O)NS(=O)(=O)Cc2ccccc2)no1. The van der Waals surface area contributed by atoms with E-state index in [-0.39, 0.29) is 29.9 Å². The number of nitrogens with one attached hydrogen (secondary N) is 1. The smallest absolute Gasteiger partial charge is 0.307 e. The molecule has 2 aromatic rings. The highest BCUT2D eigenvalue weighted by atomic mass is 32.2. The Morgan fingerprint density at radius 3 is 2.50 bits per heavy atom. The van der Waals surface area contributed by atoms with Crippen LogP contribution in [0, 0.1) is 5.92 Å². The maximum atomic E-state index is 12.5. The van der Waals surface area contributed by atoms with E-state index in [0.29, 0.717) is 17.9 Å². The zero-order chi connectivity index (χ0) is 26.2. The Balaban J connectivity index is 1.65. The van der Waals surface area contributed by atoms with Crippen LogP contribution in [-0.2, 0) is 25.3 Å².